The van der Waals surface area contributed by atoms with Crippen LogP contribution < -0.4 is 11.5 Å². The fourth-order valence-corrected chi connectivity index (χ4v) is 2.80. The van der Waals surface area contributed by atoms with Crippen molar-refractivity contribution in [2.75, 3.05) is 19.6 Å². The lowest BCUT2D eigenvalue weighted by Gasteiger charge is -2.25. The summed E-state index contributed by atoms with van der Waals surface area (Å²) in [5.41, 5.74) is 18.1. The number of benzene rings is 1. The minimum atomic E-state index is -0.144. The molecule has 1 aromatic rings. The van der Waals surface area contributed by atoms with E-state index < -0.39 is 0 Å². The quantitative estimate of drug-likeness (QED) is 0.681. The Bertz CT molecular complexity index is 499. The van der Waals surface area contributed by atoms with Crippen molar-refractivity contribution in [2.24, 2.45) is 11.5 Å². The molecule has 1 unspecified atom stereocenters. The van der Waals surface area contributed by atoms with Gasteiger partial charge in [0.15, 0.2) is 0 Å². The summed E-state index contributed by atoms with van der Waals surface area (Å²) in [5.74, 6) is 0. The molecule has 0 bridgehead atoms. The van der Waals surface area contributed by atoms with Gasteiger partial charge in [-0.3, -0.25) is 0 Å². The number of nitrogens with zero attached hydrogens (tertiary/aromatic N) is 1. The van der Waals surface area contributed by atoms with Crippen LogP contribution in [0.3, 0.4) is 0 Å². The van der Waals surface area contributed by atoms with Crippen LogP contribution in [0.2, 0.25) is 6.32 Å². The maximum Gasteiger partial charge on any atom is 0.101 e. The van der Waals surface area contributed by atoms with Gasteiger partial charge in [-0.05, 0) is 55.5 Å². The summed E-state index contributed by atoms with van der Waals surface area (Å²) in [5, 5.41) is 0. The Labute approximate surface area is 137 Å². The van der Waals surface area contributed by atoms with E-state index in [-0.39, 0.29) is 6.04 Å². The number of rotatable bonds is 9. The molecular formula is C18H32BN3. The molecule has 0 heterocycles. The summed E-state index contributed by atoms with van der Waals surface area (Å²) in [6.45, 7) is 13.1. The average Bonchev–Trinajstić information content (AvgIpc) is 2.49. The molecule has 0 saturated carbocycles. The molecule has 0 aliphatic carbocycles. The van der Waals surface area contributed by atoms with Gasteiger partial charge in [0.25, 0.3) is 0 Å². The van der Waals surface area contributed by atoms with Gasteiger partial charge < -0.3 is 16.4 Å². The molecule has 1 rings (SSSR count). The van der Waals surface area contributed by atoms with Crippen LogP contribution in [0.1, 0.15) is 29.2 Å². The monoisotopic (exact) mass is 301 g/mol. The zero-order valence-corrected chi connectivity index (χ0v) is 14.8. The highest BCUT2D eigenvalue weighted by molar-refractivity contribution is 6.08. The predicted molar refractivity (Wildman–Crippen MR) is 100 cm³/mol. The lowest BCUT2D eigenvalue weighted by atomic mass is 9.90. The zero-order valence-electron chi connectivity index (χ0n) is 14.8. The Morgan fingerprint density at radius 2 is 1.77 bits per heavy atom. The van der Waals surface area contributed by atoms with E-state index in [2.05, 4.69) is 52.2 Å². The van der Waals surface area contributed by atoms with E-state index in [4.69, 9.17) is 11.5 Å². The van der Waals surface area contributed by atoms with Gasteiger partial charge in [0, 0.05) is 18.8 Å². The number of hydrogen-bond acceptors (Lipinski definition) is 3. The maximum absolute atomic E-state index is 6.00. The van der Waals surface area contributed by atoms with Crippen molar-refractivity contribution in [2.45, 2.75) is 46.0 Å². The molecule has 0 spiro atoms. The van der Waals surface area contributed by atoms with Crippen LogP contribution in [-0.2, 0) is 12.8 Å². The first kappa shape index (κ1) is 18.8. The largest absolute Gasteiger partial charge is 0.401 e. The van der Waals surface area contributed by atoms with E-state index in [1.54, 1.807) is 0 Å². The van der Waals surface area contributed by atoms with Gasteiger partial charge in [-0.1, -0.05) is 32.0 Å². The summed E-state index contributed by atoms with van der Waals surface area (Å²) < 4.78 is 0. The van der Waals surface area contributed by atoms with Gasteiger partial charge >= 0.3 is 0 Å². The first-order valence-corrected chi connectivity index (χ1v) is 8.40. The molecule has 1 atom stereocenters. The van der Waals surface area contributed by atoms with Crippen molar-refractivity contribution in [3.8, 4) is 0 Å². The molecule has 0 aliphatic rings. The molecule has 1 aromatic carbocycles. The van der Waals surface area contributed by atoms with E-state index in [1.807, 2.05) is 0 Å². The fourth-order valence-electron chi connectivity index (χ4n) is 2.80. The van der Waals surface area contributed by atoms with Crippen LogP contribution in [0.5, 0.6) is 0 Å². The lowest BCUT2D eigenvalue weighted by Crippen LogP contribution is -2.41. The minimum Gasteiger partial charge on any atom is -0.401 e. The molecule has 3 nitrogen and oxygen atoms in total. The van der Waals surface area contributed by atoms with Gasteiger partial charge in [-0.25, -0.2) is 0 Å². The smallest absolute Gasteiger partial charge is 0.101 e. The van der Waals surface area contributed by atoms with E-state index in [1.165, 1.54) is 35.0 Å². The third kappa shape index (κ3) is 5.18. The van der Waals surface area contributed by atoms with E-state index in [0.29, 0.717) is 5.70 Å². The Morgan fingerprint density at radius 3 is 2.23 bits per heavy atom. The average molecular weight is 301 g/mol. The second-order valence-electron chi connectivity index (χ2n) is 6.21. The zero-order chi connectivity index (χ0) is 16.7. The highest BCUT2D eigenvalue weighted by Gasteiger charge is 2.12. The van der Waals surface area contributed by atoms with Gasteiger partial charge in [0.2, 0.25) is 0 Å². The van der Waals surface area contributed by atoms with Gasteiger partial charge in [0.05, 0.1) is 6.04 Å². The van der Waals surface area contributed by atoms with Crippen LogP contribution in [0, 0.1) is 13.8 Å². The number of likely N-dealkylation sites (N-methyl/N-ethyl adjacent to an activating group) is 1. The molecule has 0 radical (unpaired) electrons. The Morgan fingerprint density at radius 1 is 1.23 bits per heavy atom. The van der Waals surface area contributed by atoms with Crippen LogP contribution in [-0.4, -0.2) is 38.4 Å². The van der Waals surface area contributed by atoms with Crippen molar-refractivity contribution < 1.29 is 0 Å². The summed E-state index contributed by atoms with van der Waals surface area (Å²) in [6, 6.07) is 4.45. The number of nitrogens with two attached hydrogens (primary N) is 2. The molecule has 122 valence electrons. The molecular weight excluding hydrogens is 269 g/mol. The molecule has 0 aromatic heterocycles. The van der Waals surface area contributed by atoms with Crippen molar-refractivity contribution in [1.29, 1.82) is 0 Å². The van der Waals surface area contributed by atoms with E-state index >= 15 is 0 Å². The topological polar surface area (TPSA) is 55.3 Å². The highest BCUT2D eigenvalue weighted by atomic mass is 15.1. The summed E-state index contributed by atoms with van der Waals surface area (Å²) in [6.07, 6.45) is 3.42. The SMILES string of the molecule is BCCc1ccc(CCN(CC)CC(N)C(=C)N)c(C)c1C. The summed E-state index contributed by atoms with van der Waals surface area (Å²) in [4.78, 5) is 2.34. The lowest BCUT2D eigenvalue weighted by molar-refractivity contribution is 0.281. The highest BCUT2D eigenvalue weighted by Crippen LogP contribution is 2.20. The Kier molecular flexibility index (Phi) is 7.70. The third-order valence-corrected chi connectivity index (χ3v) is 4.61. The normalized spacial score (nSPS) is 12.6. The molecule has 4 N–H and O–H groups in total. The number of aryl methyl sites for hydroxylation is 1. The van der Waals surface area contributed by atoms with Gasteiger partial charge in [0.1, 0.15) is 7.85 Å². The van der Waals surface area contributed by atoms with E-state index in [9.17, 15) is 0 Å². The second kappa shape index (κ2) is 9.01. The fraction of sp³-hybridized carbons (Fsp3) is 0.556. The standard InChI is InChI=1S/C18H32BN3/c1-5-22(12-18(21)15(4)20)11-9-17-7-6-16(8-10-19)13(2)14(17)3/h6-7,18H,4-5,8-12,19-21H2,1-3H3. The molecule has 0 saturated heterocycles. The number of hydrogen-bond donors (Lipinski definition) is 2. The van der Waals surface area contributed by atoms with Crippen LogP contribution in [0.15, 0.2) is 24.4 Å². The van der Waals surface area contributed by atoms with Crippen LogP contribution in [0.25, 0.3) is 0 Å². The molecule has 0 aliphatic heterocycles. The summed E-state index contributed by atoms with van der Waals surface area (Å²) >= 11 is 0. The van der Waals surface area contributed by atoms with Crippen LogP contribution >= 0.6 is 0 Å². The van der Waals surface area contributed by atoms with Crippen molar-refractivity contribution in [3.05, 3.63) is 46.7 Å². The minimum absolute atomic E-state index is 0.144. The first-order chi connectivity index (χ1) is 10.4. The van der Waals surface area contributed by atoms with Crippen LogP contribution in [0.4, 0.5) is 0 Å². The van der Waals surface area contributed by atoms with Crippen molar-refractivity contribution in [3.63, 3.8) is 0 Å². The Balaban J connectivity index is 2.70. The Hall–Kier alpha value is -1.26. The van der Waals surface area contributed by atoms with Gasteiger partial charge in [-0.2, -0.15) is 0 Å². The maximum atomic E-state index is 6.00. The van der Waals surface area contributed by atoms with Crippen molar-refractivity contribution in [1.82, 2.24) is 4.90 Å². The third-order valence-electron chi connectivity index (χ3n) is 4.61. The molecule has 22 heavy (non-hydrogen) atoms. The van der Waals surface area contributed by atoms with Crippen molar-refractivity contribution >= 4 is 7.85 Å². The van der Waals surface area contributed by atoms with Gasteiger partial charge in [-0.15, -0.1) is 0 Å². The van der Waals surface area contributed by atoms with E-state index in [0.717, 1.165) is 26.1 Å². The summed E-state index contributed by atoms with van der Waals surface area (Å²) in [7, 11) is 2.23. The molecule has 4 heteroatoms. The predicted octanol–water partition coefficient (Wildman–Crippen LogP) is 1.56. The first-order valence-electron chi connectivity index (χ1n) is 8.40. The second-order valence-corrected chi connectivity index (χ2v) is 6.21. The molecule has 0 amide bonds. The molecule has 0 fully saturated rings.